The highest BCUT2D eigenvalue weighted by atomic mass is 15.1. The lowest BCUT2D eigenvalue weighted by Crippen LogP contribution is -2.42. The van der Waals surface area contributed by atoms with Crippen LogP contribution in [0.2, 0.25) is 0 Å². The molecule has 66 valence electrons. The van der Waals surface area contributed by atoms with Gasteiger partial charge in [-0.15, -0.1) is 0 Å². The highest BCUT2D eigenvalue weighted by Crippen LogP contribution is 2.29. The van der Waals surface area contributed by atoms with Gasteiger partial charge >= 0.3 is 0 Å². The Morgan fingerprint density at radius 3 is 2.36 bits per heavy atom. The molecule has 0 aromatic heterocycles. The standard InChI is InChI=1S/C9H20N2/c1-7(10)8(2)11(3)6-9-4-5-9/h7-9H,4-6,10H2,1-3H3. The maximum atomic E-state index is 5.79. The predicted octanol–water partition coefficient (Wildman–Crippen LogP) is 1.06. The van der Waals surface area contributed by atoms with E-state index < -0.39 is 0 Å². The van der Waals surface area contributed by atoms with Crippen molar-refractivity contribution >= 4 is 0 Å². The van der Waals surface area contributed by atoms with Crippen LogP contribution in [0.15, 0.2) is 0 Å². The van der Waals surface area contributed by atoms with Crippen LogP contribution < -0.4 is 5.73 Å². The van der Waals surface area contributed by atoms with Crippen LogP contribution >= 0.6 is 0 Å². The molecule has 11 heavy (non-hydrogen) atoms. The Balaban J connectivity index is 2.20. The molecule has 0 bridgehead atoms. The van der Waals surface area contributed by atoms with Gasteiger partial charge in [0.25, 0.3) is 0 Å². The van der Waals surface area contributed by atoms with Crippen molar-refractivity contribution in [2.45, 2.75) is 38.8 Å². The third-order valence-electron chi connectivity index (χ3n) is 2.70. The van der Waals surface area contributed by atoms with Gasteiger partial charge in [-0.25, -0.2) is 0 Å². The van der Waals surface area contributed by atoms with Gasteiger partial charge in [0, 0.05) is 18.6 Å². The highest BCUT2D eigenvalue weighted by molar-refractivity contribution is 4.80. The van der Waals surface area contributed by atoms with Gasteiger partial charge in [-0.1, -0.05) is 0 Å². The minimum Gasteiger partial charge on any atom is -0.327 e. The molecule has 1 saturated carbocycles. The summed E-state index contributed by atoms with van der Waals surface area (Å²) in [4.78, 5) is 2.38. The predicted molar refractivity (Wildman–Crippen MR) is 48.5 cm³/mol. The summed E-state index contributed by atoms with van der Waals surface area (Å²) in [6, 6.07) is 0.814. The number of hydrogen-bond donors (Lipinski definition) is 1. The van der Waals surface area contributed by atoms with Crippen LogP contribution in [0.3, 0.4) is 0 Å². The largest absolute Gasteiger partial charge is 0.327 e. The molecular weight excluding hydrogens is 136 g/mol. The van der Waals surface area contributed by atoms with Crippen LogP contribution in [-0.4, -0.2) is 30.6 Å². The van der Waals surface area contributed by atoms with Gasteiger partial charge in [0.2, 0.25) is 0 Å². The van der Waals surface area contributed by atoms with E-state index in [1.54, 1.807) is 0 Å². The quantitative estimate of drug-likeness (QED) is 0.659. The van der Waals surface area contributed by atoms with Crippen molar-refractivity contribution in [2.24, 2.45) is 11.7 Å². The molecule has 0 saturated heterocycles. The molecule has 1 aliphatic rings. The minimum absolute atomic E-state index is 0.291. The molecule has 0 radical (unpaired) electrons. The van der Waals surface area contributed by atoms with Gasteiger partial charge in [0.05, 0.1) is 0 Å². The Bertz CT molecular complexity index is 119. The first-order valence-electron chi connectivity index (χ1n) is 4.57. The summed E-state index contributed by atoms with van der Waals surface area (Å²) in [7, 11) is 2.17. The second-order valence-electron chi connectivity index (χ2n) is 3.98. The zero-order valence-corrected chi connectivity index (χ0v) is 7.88. The monoisotopic (exact) mass is 156 g/mol. The minimum atomic E-state index is 0.291. The molecule has 0 heterocycles. The average molecular weight is 156 g/mol. The number of hydrogen-bond acceptors (Lipinski definition) is 2. The summed E-state index contributed by atoms with van der Waals surface area (Å²) < 4.78 is 0. The van der Waals surface area contributed by atoms with E-state index in [1.165, 1.54) is 19.4 Å². The van der Waals surface area contributed by atoms with E-state index in [0.717, 1.165) is 5.92 Å². The summed E-state index contributed by atoms with van der Waals surface area (Å²) in [5, 5.41) is 0. The fourth-order valence-electron chi connectivity index (χ4n) is 1.28. The van der Waals surface area contributed by atoms with E-state index in [-0.39, 0.29) is 0 Å². The van der Waals surface area contributed by atoms with Crippen LogP contribution in [0.25, 0.3) is 0 Å². The molecule has 2 N–H and O–H groups in total. The van der Waals surface area contributed by atoms with Gasteiger partial charge in [0.15, 0.2) is 0 Å². The first kappa shape index (κ1) is 9.01. The van der Waals surface area contributed by atoms with E-state index in [0.29, 0.717) is 12.1 Å². The van der Waals surface area contributed by atoms with Gasteiger partial charge in [-0.05, 0) is 39.7 Å². The Hall–Kier alpha value is -0.0800. The van der Waals surface area contributed by atoms with Crippen molar-refractivity contribution in [2.75, 3.05) is 13.6 Å². The van der Waals surface area contributed by atoms with Gasteiger partial charge in [-0.3, -0.25) is 0 Å². The van der Waals surface area contributed by atoms with Crippen molar-refractivity contribution in [3.63, 3.8) is 0 Å². The van der Waals surface area contributed by atoms with Gasteiger partial charge < -0.3 is 10.6 Å². The molecule has 2 atom stereocenters. The molecule has 0 spiro atoms. The molecule has 2 unspecified atom stereocenters. The third-order valence-corrected chi connectivity index (χ3v) is 2.70. The number of likely N-dealkylation sites (N-methyl/N-ethyl adjacent to an activating group) is 1. The lowest BCUT2D eigenvalue weighted by Gasteiger charge is -2.27. The Morgan fingerprint density at radius 1 is 1.45 bits per heavy atom. The van der Waals surface area contributed by atoms with Crippen molar-refractivity contribution in [3.05, 3.63) is 0 Å². The van der Waals surface area contributed by atoms with Crippen LogP contribution in [0.4, 0.5) is 0 Å². The van der Waals surface area contributed by atoms with Crippen molar-refractivity contribution in [3.8, 4) is 0 Å². The maximum absolute atomic E-state index is 5.79. The van der Waals surface area contributed by atoms with Gasteiger partial charge in [0.1, 0.15) is 0 Å². The van der Waals surface area contributed by atoms with Crippen molar-refractivity contribution < 1.29 is 0 Å². The lowest BCUT2D eigenvalue weighted by molar-refractivity contribution is 0.224. The van der Waals surface area contributed by atoms with Crippen LogP contribution in [0.5, 0.6) is 0 Å². The molecular formula is C9H20N2. The zero-order valence-electron chi connectivity index (χ0n) is 7.88. The second-order valence-corrected chi connectivity index (χ2v) is 3.98. The fraction of sp³-hybridized carbons (Fsp3) is 1.00. The van der Waals surface area contributed by atoms with E-state index in [9.17, 15) is 0 Å². The molecule has 0 aromatic carbocycles. The van der Waals surface area contributed by atoms with Crippen LogP contribution in [0.1, 0.15) is 26.7 Å². The summed E-state index contributed by atoms with van der Waals surface area (Å²) in [6.07, 6.45) is 2.85. The summed E-state index contributed by atoms with van der Waals surface area (Å²) >= 11 is 0. The topological polar surface area (TPSA) is 29.3 Å². The highest BCUT2D eigenvalue weighted by Gasteiger charge is 2.25. The van der Waals surface area contributed by atoms with Crippen LogP contribution in [-0.2, 0) is 0 Å². The average Bonchev–Trinajstić information content (AvgIpc) is 2.69. The van der Waals surface area contributed by atoms with E-state index in [4.69, 9.17) is 5.73 Å². The first-order valence-corrected chi connectivity index (χ1v) is 4.57. The van der Waals surface area contributed by atoms with Crippen molar-refractivity contribution in [1.29, 1.82) is 0 Å². The number of nitrogens with two attached hydrogens (primary N) is 1. The molecule has 0 amide bonds. The molecule has 0 aliphatic heterocycles. The number of rotatable bonds is 4. The summed E-state index contributed by atoms with van der Waals surface area (Å²) in [5.41, 5.74) is 5.79. The van der Waals surface area contributed by atoms with Gasteiger partial charge in [-0.2, -0.15) is 0 Å². The molecule has 1 rings (SSSR count). The lowest BCUT2D eigenvalue weighted by atomic mass is 10.1. The van der Waals surface area contributed by atoms with Crippen LogP contribution in [0, 0.1) is 5.92 Å². The maximum Gasteiger partial charge on any atom is 0.0213 e. The summed E-state index contributed by atoms with van der Waals surface area (Å²) in [6.45, 7) is 5.52. The molecule has 1 fully saturated rings. The number of nitrogens with zero attached hydrogens (tertiary/aromatic N) is 1. The first-order chi connectivity index (χ1) is 5.11. The third kappa shape index (κ3) is 2.80. The van der Waals surface area contributed by atoms with E-state index >= 15 is 0 Å². The Morgan fingerprint density at radius 2 is 2.00 bits per heavy atom. The Labute approximate surface area is 69.8 Å². The summed E-state index contributed by atoms with van der Waals surface area (Å²) in [5.74, 6) is 0.973. The Kier molecular flexibility index (Phi) is 2.90. The molecule has 2 heteroatoms. The molecule has 2 nitrogen and oxygen atoms in total. The van der Waals surface area contributed by atoms with Crippen molar-refractivity contribution in [1.82, 2.24) is 4.90 Å². The van der Waals surface area contributed by atoms with E-state index in [2.05, 4.69) is 25.8 Å². The second kappa shape index (κ2) is 3.55. The van der Waals surface area contributed by atoms with E-state index in [1.807, 2.05) is 0 Å². The molecule has 1 aliphatic carbocycles. The SMILES string of the molecule is CC(N)C(C)N(C)CC1CC1. The fourth-order valence-corrected chi connectivity index (χ4v) is 1.28. The molecule has 0 aromatic rings. The normalized spacial score (nSPS) is 23.7. The smallest absolute Gasteiger partial charge is 0.0213 e. The zero-order chi connectivity index (χ0) is 8.43.